The van der Waals surface area contributed by atoms with Gasteiger partial charge >= 0.3 is 0 Å². The highest BCUT2D eigenvalue weighted by Gasteiger charge is 2.25. The van der Waals surface area contributed by atoms with Crippen LogP contribution < -0.4 is 0 Å². The lowest BCUT2D eigenvalue weighted by atomic mass is 9.90. The highest BCUT2D eigenvalue weighted by Crippen LogP contribution is 2.33. The van der Waals surface area contributed by atoms with Gasteiger partial charge in [-0.2, -0.15) is 0 Å². The summed E-state index contributed by atoms with van der Waals surface area (Å²) in [5.74, 6) is 0.506. The Hall–Kier alpha value is -1.32. The number of allylic oxidation sites excluding steroid dienone is 1. The molecule has 1 aromatic rings. The molecule has 0 amide bonds. The molecule has 110 valence electrons. The van der Waals surface area contributed by atoms with Crippen LogP contribution in [0.15, 0.2) is 42.1 Å². The van der Waals surface area contributed by atoms with Crippen LogP contribution in [-0.4, -0.2) is 56.2 Å². The zero-order chi connectivity index (χ0) is 14.5. The standard InChI is InChI=1S/C17H27N3/c1-18(2)13-8-11-16(15-9-6-5-7-10-15)17-12-14-19(3)20(17)4/h5-7,9-10,12,16H,8,11,13-14H2,1-4H3. The molecule has 3 heteroatoms. The second-order valence-corrected chi connectivity index (χ2v) is 5.90. The van der Waals surface area contributed by atoms with Crippen molar-refractivity contribution in [1.82, 2.24) is 14.9 Å². The van der Waals surface area contributed by atoms with Gasteiger partial charge in [-0.3, -0.25) is 0 Å². The zero-order valence-electron chi connectivity index (χ0n) is 13.2. The molecule has 0 bridgehead atoms. The van der Waals surface area contributed by atoms with Crippen molar-refractivity contribution < 1.29 is 0 Å². The largest absolute Gasteiger partial charge is 0.313 e. The van der Waals surface area contributed by atoms with Gasteiger partial charge < -0.3 is 9.91 Å². The molecule has 0 aromatic heterocycles. The predicted octanol–water partition coefficient (Wildman–Crippen LogP) is 2.79. The zero-order valence-corrected chi connectivity index (χ0v) is 13.2. The van der Waals surface area contributed by atoms with Crippen LogP contribution in [0.5, 0.6) is 0 Å². The first-order valence-corrected chi connectivity index (χ1v) is 7.44. The number of rotatable bonds is 6. The number of benzene rings is 1. The van der Waals surface area contributed by atoms with E-state index in [1.807, 2.05) is 0 Å². The Balaban J connectivity index is 2.13. The summed E-state index contributed by atoms with van der Waals surface area (Å²) in [7, 11) is 8.60. The molecule has 3 nitrogen and oxygen atoms in total. The number of nitrogens with zero attached hydrogens (tertiary/aromatic N) is 3. The van der Waals surface area contributed by atoms with E-state index in [2.05, 4.69) is 79.5 Å². The number of hydrogen-bond acceptors (Lipinski definition) is 3. The molecule has 1 unspecified atom stereocenters. The lowest BCUT2D eigenvalue weighted by molar-refractivity contribution is 0.0945. The molecular weight excluding hydrogens is 246 g/mol. The SMILES string of the molecule is CN(C)CCCC(C1=CCN(C)N1C)c1ccccc1. The van der Waals surface area contributed by atoms with E-state index in [0.29, 0.717) is 5.92 Å². The first-order valence-electron chi connectivity index (χ1n) is 7.44. The molecule has 1 aromatic carbocycles. The van der Waals surface area contributed by atoms with E-state index >= 15 is 0 Å². The Bertz CT molecular complexity index is 439. The van der Waals surface area contributed by atoms with E-state index in [9.17, 15) is 0 Å². The van der Waals surface area contributed by atoms with Gasteiger partial charge in [0, 0.05) is 32.3 Å². The molecule has 1 aliphatic heterocycles. The van der Waals surface area contributed by atoms with E-state index in [1.165, 1.54) is 24.1 Å². The van der Waals surface area contributed by atoms with Crippen molar-refractivity contribution in [2.75, 3.05) is 41.3 Å². The van der Waals surface area contributed by atoms with Gasteiger partial charge in [-0.15, -0.1) is 0 Å². The van der Waals surface area contributed by atoms with E-state index in [4.69, 9.17) is 0 Å². The van der Waals surface area contributed by atoms with Crippen LogP contribution in [0.4, 0.5) is 0 Å². The van der Waals surface area contributed by atoms with Crippen molar-refractivity contribution in [3.63, 3.8) is 0 Å². The van der Waals surface area contributed by atoms with Crippen LogP contribution in [0.2, 0.25) is 0 Å². The van der Waals surface area contributed by atoms with Crippen LogP contribution in [0, 0.1) is 0 Å². The fourth-order valence-electron chi connectivity index (χ4n) is 2.83. The van der Waals surface area contributed by atoms with Gasteiger partial charge in [-0.25, -0.2) is 5.01 Å². The van der Waals surface area contributed by atoms with Crippen LogP contribution in [-0.2, 0) is 0 Å². The Morgan fingerprint density at radius 2 is 1.85 bits per heavy atom. The summed E-state index contributed by atoms with van der Waals surface area (Å²) in [5, 5.41) is 4.56. The summed E-state index contributed by atoms with van der Waals surface area (Å²) in [5.41, 5.74) is 2.87. The van der Waals surface area contributed by atoms with E-state index < -0.39 is 0 Å². The van der Waals surface area contributed by atoms with E-state index in [-0.39, 0.29) is 0 Å². The van der Waals surface area contributed by atoms with Gasteiger partial charge in [0.05, 0.1) is 0 Å². The van der Waals surface area contributed by atoms with Gasteiger partial charge in [0.25, 0.3) is 0 Å². The molecule has 0 saturated heterocycles. The van der Waals surface area contributed by atoms with Gasteiger partial charge in [0.1, 0.15) is 0 Å². The average molecular weight is 273 g/mol. The first-order chi connectivity index (χ1) is 9.59. The molecule has 0 fully saturated rings. The number of hydrogen-bond donors (Lipinski definition) is 0. The Morgan fingerprint density at radius 3 is 2.40 bits per heavy atom. The maximum atomic E-state index is 2.37. The second kappa shape index (κ2) is 6.91. The smallest absolute Gasteiger partial charge is 0.0378 e. The summed E-state index contributed by atoms with van der Waals surface area (Å²) in [6.45, 7) is 2.17. The molecule has 0 N–H and O–H groups in total. The second-order valence-electron chi connectivity index (χ2n) is 5.90. The van der Waals surface area contributed by atoms with Crippen molar-refractivity contribution >= 4 is 0 Å². The molecule has 0 radical (unpaired) electrons. The molecule has 2 rings (SSSR count). The molecule has 0 spiro atoms. The maximum Gasteiger partial charge on any atom is 0.0378 e. The molecule has 20 heavy (non-hydrogen) atoms. The van der Waals surface area contributed by atoms with E-state index in [0.717, 1.165) is 13.1 Å². The van der Waals surface area contributed by atoms with Gasteiger partial charge in [0.15, 0.2) is 0 Å². The molecule has 0 aliphatic carbocycles. The fraction of sp³-hybridized carbons (Fsp3) is 0.529. The van der Waals surface area contributed by atoms with Crippen LogP contribution in [0.1, 0.15) is 24.3 Å². The Labute approximate surface area is 123 Å². The Kier molecular flexibility index (Phi) is 5.21. The lowest BCUT2D eigenvalue weighted by Crippen LogP contribution is -2.32. The van der Waals surface area contributed by atoms with Crippen molar-refractivity contribution in [3.8, 4) is 0 Å². The van der Waals surface area contributed by atoms with Crippen molar-refractivity contribution in [2.24, 2.45) is 0 Å². The van der Waals surface area contributed by atoms with Gasteiger partial charge in [0.2, 0.25) is 0 Å². The third-order valence-electron chi connectivity index (χ3n) is 4.11. The van der Waals surface area contributed by atoms with Crippen LogP contribution >= 0.6 is 0 Å². The number of hydrazine groups is 1. The van der Waals surface area contributed by atoms with Gasteiger partial charge in [-0.1, -0.05) is 30.3 Å². The minimum atomic E-state index is 0.506. The molecular formula is C17H27N3. The summed E-state index contributed by atoms with van der Waals surface area (Å²) in [6.07, 6.45) is 4.79. The predicted molar refractivity (Wildman–Crippen MR) is 85.4 cm³/mol. The topological polar surface area (TPSA) is 9.72 Å². The fourth-order valence-corrected chi connectivity index (χ4v) is 2.83. The normalized spacial score (nSPS) is 17.6. The highest BCUT2D eigenvalue weighted by atomic mass is 15.6. The first kappa shape index (κ1) is 15.1. The molecule has 1 heterocycles. The highest BCUT2D eigenvalue weighted by molar-refractivity contribution is 5.29. The van der Waals surface area contributed by atoms with Crippen LogP contribution in [0.25, 0.3) is 0 Å². The van der Waals surface area contributed by atoms with Crippen LogP contribution in [0.3, 0.4) is 0 Å². The lowest BCUT2D eigenvalue weighted by Gasteiger charge is -2.30. The van der Waals surface area contributed by atoms with Crippen molar-refractivity contribution in [1.29, 1.82) is 0 Å². The van der Waals surface area contributed by atoms with E-state index in [1.54, 1.807) is 0 Å². The van der Waals surface area contributed by atoms with Crippen molar-refractivity contribution in [3.05, 3.63) is 47.7 Å². The maximum absolute atomic E-state index is 2.37. The van der Waals surface area contributed by atoms with Crippen molar-refractivity contribution in [2.45, 2.75) is 18.8 Å². The Morgan fingerprint density at radius 1 is 1.15 bits per heavy atom. The minimum absolute atomic E-state index is 0.506. The number of likely N-dealkylation sites (N-methyl/N-ethyl adjacent to an activating group) is 2. The summed E-state index contributed by atoms with van der Waals surface area (Å²) in [6, 6.07) is 10.9. The average Bonchev–Trinajstić information content (AvgIpc) is 2.76. The summed E-state index contributed by atoms with van der Waals surface area (Å²) < 4.78 is 0. The molecule has 0 saturated carbocycles. The monoisotopic (exact) mass is 273 g/mol. The third-order valence-corrected chi connectivity index (χ3v) is 4.11. The quantitative estimate of drug-likeness (QED) is 0.789. The summed E-state index contributed by atoms with van der Waals surface area (Å²) >= 11 is 0. The molecule has 1 aliphatic rings. The minimum Gasteiger partial charge on any atom is -0.313 e. The van der Waals surface area contributed by atoms with Gasteiger partial charge in [-0.05, 0) is 45.1 Å². The summed E-state index contributed by atoms with van der Waals surface area (Å²) in [4.78, 5) is 2.26. The third kappa shape index (κ3) is 3.62. The molecule has 1 atom stereocenters.